The molecular formula is C13H26N2O4. The Hall–Kier alpha value is -0.690. The minimum Gasteiger partial charge on any atom is -0.378 e. The molecule has 6 heteroatoms. The third-order valence-electron chi connectivity index (χ3n) is 3.23. The van der Waals surface area contributed by atoms with Gasteiger partial charge in [0.2, 0.25) is 5.91 Å². The summed E-state index contributed by atoms with van der Waals surface area (Å²) in [6.07, 6.45) is 2.28. The number of hydrogen-bond acceptors (Lipinski definition) is 5. The fourth-order valence-corrected chi connectivity index (χ4v) is 2.18. The molecule has 1 aliphatic heterocycles. The Labute approximate surface area is 115 Å². The van der Waals surface area contributed by atoms with Gasteiger partial charge in [0, 0.05) is 20.6 Å². The maximum atomic E-state index is 11.7. The van der Waals surface area contributed by atoms with Crippen LogP contribution in [0.5, 0.6) is 0 Å². The van der Waals surface area contributed by atoms with Crippen LogP contribution < -0.4 is 10.6 Å². The Morgan fingerprint density at radius 1 is 1.32 bits per heavy atom. The summed E-state index contributed by atoms with van der Waals surface area (Å²) in [6, 6.07) is -0.179. The number of rotatable bonds is 8. The van der Waals surface area contributed by atoms with Crippen LogP contribution in [0.1, 0.15) is 26.2 Å². The van der Waals surface area contributed by atoms with E-state index >= 15 is 0 Å². The largest absolute Gasteiger partial charge is 0.378 e. The van der Waals surface area contributed by atoms with Crippen molar-refractivity contribution < 1.29 is 19.0 Å². The fraction of sp³-hybridized carbons (Fsp3) is 0.923. The second kappa shape index (κ2) is 9.25. The van der Waals surface area contributed by atoms with E-state index in [0.717, 1.165) is 25.9 Å². The van der Waals surface area contributed by atoms with Gasteiger partial charge in [-0.2, -0.15) is 0 Å². The van der Waals surface area contributed by atoms with Gasteiger partial charge in [0.15, 0.2) is 6.29 Å². The lowest BCUT2D eigenvalue weighted by Crippen LogP contribution is -2.43. The van der Waals surface area contributed by atoms with Crippen LogP contribution in [0.25, 0.3) is 0 Å². The van der Waals surface area contributed by atoms with Gasteiger partial charge in [0.05, 0.1) is 18.8 Å². The monoisotopic (exact) mass is 274 g/mol. The van der Waals surface area contributed by atoms with Crippen molar-refractivity contribution in [1.29, 1.82) is 0 Å². The molecule has 0 radical (unpaired) electrons. The lowest BCUT2D eigenvalue weighted by atomic mass is 10.1. The van der Waals surface area contributed by atoms with Gasteiger partial charge in [-0.05, 0) is 32.9 Å². The molecule has 0 aromatic carbocycles. The maximum absolute atomic E-state index is 11.7. The van der Waals surface area contributed by atoms with Crippen molar-refractivity contribution in [2.24, 2.45) is 0 Å². The Balaban J connectivity index is 2.13. The summed E-state index contributed by atoms with van der Waals surface area (Å²) in [6.45, 7) is 4.31. The minimum atomic E-state index is -0.422. The molecule has 6 nitrogen and oxygen atoms in total. The molecule has 1 heterocycles. The Bertz CT molecular complexity index is 253. The lowest BCUT2D eigenvalue weighted by molar-refractivity contribution is -0.136. The molecule has 1 unspecified atom stereocenters. The lowest BCUT2D eigenvalue weighted by Gasteiger charge is -2.24. The van der Waals surface area contributed by atoms with Crippen LogP contribution in [-0.4, -0.2) is 58.3 Å². The first kappa shape index (κ1) is 16.4. The predicted molar refractivity (Wildman–Crippen MR) is 71.9 cm³/mol. The van der Waals surface area contributed by atoms with Crippen LogP contribution in [0.2, 0.25) is 0 Å². The van der Waals surface area contributed by atoms with Gasteiger partial charge in [-0.3, -0.25) is 4.79 Å². The average molecular weight is 274 g/mol. The smallest absolute Gasteiger partial charge is 0.222 e. The van der Waals surface area contributed by atoms with E-state index in [9.17, 15) is 4.79 Å². The Morgan fingerprint density at radius 2 is 1.95 bits per heavy atom. The molecule has 0 aromatic rings. The minimum absolute atomic E-state index is 0.0412. The SMILES string of the molecule is COC(OC)C(C)NC(=O)CCOC1CCNCC1. The number of nitrogens with one attached hydrogen (secondary N) is 2. The van der Waals surface area contributed by atoms with Gasteiger partial charge in [-0.25, -0.2) is 0 Å². The van der Waals surface area contributed by atoms with E-state index in [1.165, 1.54) is 0 Å². The summed E-state index contributed by atoms with van der Waals surface area (Å²) in [4.78, 5) is 11.7. The van der Waals surface area contributed by atoms with E-state index in [0.29, 0.717) is 13.0 Å². The van der Waals surface area contributed by atoms with E-state index in [1.54, 1.807) is 14.2 Å². The molecule has 1 amide bonds. The number of hydrogen-bond donors (Lipinski definition) is 2. The van der Waals surface area contributed by atoms with Gasteiger partial charge in [-0.15, -0.1) is 0 Å². The third-order valence-corrected chi connectivity index (χ3v) is 3.23. The maximum Gasteiger partial charge on any atom is 0.222 e. The first-order valence-electron chi connectivity index (χ1n) is 6.84. The molecular weight excluding hydrogens is 248 g/mol. The van der Waals surface area contributed by atoms with Crippen molar-refractivity contribution in [3.05, 3.63) is 0 Å². The second-order valence-corrected chi connectivity index (χ2v) is 4.77. The number of amides is 1. The van der Waals surface area contributed by atoms with E-state index in [-0.39, 0.29) is 18.1 Å². The van der Waals surface area contributed by atoms with Crippen molar-refractivity contribution in [1.82, 2.24) is 10.6 Å². The molecule has 19 heavy (non-hydrogen) atoms. The van der Waals surface area contributed by atoms with Crippen molar-refractivity contribution in [3.63, 3.8) is 0 Å². The summed E-state index contributed by atoms with van der Waals surface area (Å²) in [5.74, 6) is -0.0412. The molecule has 0 aromatic heterocycles. The van der Waals surface area contributed by atoms with Crippen LogP contribution in [0, 0.1) is 0 Å². The molecule has 0 aliphatic carbocycles. The number of piperidine rings is 1. The van der Waals surface area contributed by atoms with Gasteiger partial charge in [0.25, 0.3) is 0 Å². The first-order chi connectivity index (χ1) is 9.17. The van der Waals surface area contributed by atoms with E-state index < -0.39 is 6.29 Å². The summed E-state index contributed by atoms with van der Waals surface area (Å²) >= 11 is 0. The molecule has 0 spiro atoms. The zero-order chi connectivity index (χ0) is 14.1. The fourth-order valence-electron chi connectivity index (χ4n) is 2.18. The Kier molecular flexibility index (Phi) is 7.97. The van der Waals surface area contributed by atoms with Gasteiger partial charge < -0.3 is 24.8 Å². The highest BCUT2D eigenvalue weighted by molar-refractivity contribution is 5.76. The van der Waals surface area contributed by atoms with Gasteiger partial charge in [-0.1, -0.05) is 0 Å². The molecule has 1 aliphatic rings. The zero-order valence-corrected chi connectivity index (χ0v) is 12.1. The van der Waals surface area contributed by atoms with Crippen LogP contribution in [0.4, 0.5) is 0 Å². The summed E-state index contributed by atoms with van der Waals surface area (Å²) in [5, 5.41) is 6.12. The first-order valence-corrected chi connectivity index (χ1v) is 6.84. The molecule has 1 saturated heterocycles. The molecule has 0 bridgehead atoms. The normalized spacial score (nSPS) is 18.5. The highest BCUT2D eigenvalue weighted by atomic mass is 16.7. The van der Waals surface area contributed by atoms with E-state index in [4.69, 9.17) is 14.2 Å². The van der Waals surface area contributed by atoms with E-state index in [1.807, 2.05) is 6.92 Å². The van der Waals surface area contributed by atoms with Crippen LogP contribution in [0.15, 0.2) is 0 Å². The number of carbonyl (C=O) groups is 1. The van der Waals surface area contributed by atoms with Gasteiger partial charge >= 0.3 is 0 Å². The standard InChI is InChI=1S/C13H26N2O4/c1-10(13(17-2)18-3)15-12(16)6-9-19-11-4-7-14-8-5-11/h10-11,13-14H,4-9H2,1-3H3,(H,15,16). The highest BCUT2D eigenvalue weighted by Crippen LogP contribution is 2.07. The molecule has 0 saturated carbocycles. The third kappa shape index (κ3) is 6.33. The topological polar surface area (TPSA) is 68.8 Å². The highest BCUT2D eigenvalue weighted by Gasteiger charge is 2.18. The number of carbonyl (C=O) groups excluding carboxylic acids is 1. The Morgan fingerprint density at radius 3 is 2.53 bits per heavy atom. The summed E-state index contributed by atoms with van der Waals surface area (Å²) < 4.78 is 15.9. The second-order valence-electron chi connectivity index (χ2n) is 4.77. The van der Waals surface area contributed by atoms with Crippen LogP contribution >= 0.6 is 0 Å². The molecule has 112 valence electrons. The molecule has 1 rings (SSSR count). The van der Waals surface area contributed by atoms with Crippen LogP contribution in [0.3, 0.4) is 0 Å². The van der Waals surface area contributed by atoms with E-state index in [2.05, 4.69) is 10.6 Å². The predicted octanol–water partition coefficient (Wildman–Crippen LogP) is 0.269. The number of methoxy groups -OCH3 is 2. The summed E-state index contributed by atoms with van der Waals surface area (Å²) in [5.41, 5.74) is 0. The van der Waals surface area contributed by atoms with Crippen molar-refractivity contribution in [2.45, 2.75) is 44.6 Å². The van der Waals surface area contributed by atoms with Crippen molar-refractivity contribution in [3.8, 4) is 0 Å². The van der Waals surface area contributed by atoms with Crippen molar-refractivity contribution >= 4 is 5.91 Å². The van der Waals surface area contributed by atoms with Gasteiger partial charge in [0.1, 0.15) is 0 Å². The summed E-state index contributed by atoms with van der Waals surface area (Å²) in [7, 11) is 3.11. The molecule has 1 fully saturated rings. The van der Waals surface area contributed by atoms with Crippen molar-refractivity contribution in [2.75, 3.05) is 33.9 Å². The zero-order valence-electron chi connectivity index (χ0n) is 12.1. The molecule has 1 atom stereocenters. The van der Waals surface area contributed by atoms with Crippen LogP contribution in [-0.2, 0) is 19.0 Å². The molecule has 2 N–H and O–H groups in total. The average Bonchev–Trinajstić information content (AvgIpc) is 2.41. The number of ether oxygens (including phenoxy) is 3. The quantitative estimate of drug-likeness (QED) is 0.622.